The molecule has 0 saturated heterocycles. The van der Waals surface area contributed by atoms with Gasteiger partial charge >= 0.3 is 0 Å². The van der Waals surface area contributed by atoms with Crippen LogP contribution in [0.15, 0.2) is 59.6 Å². The second kappa shape index (κ2) is 5.87. The van der Waals surface area contributed by atoms with E-state index < -0.39 is 0 Å². The van der Waals surface area contributed by atoms with E-state index in [1.165, 1.54) is 0 Å². The van der Waals surface area contributed by atoms with E-state index in [1.54, 1.807) is 24.3 Å². The van der Waals surface area contributed by atoms with Crippen LogP contribution in [0.2, 0.25) is 0 Å². The first-order valence-electron chi connectivity index (χ1n) is 5.85. The van der Waals surface area contributed by atoms with E-state index in [4.69, 9.17) is 4.74 Å². The van der Waals surface area contributed by atoms with Crippen molar-refractivity contribution in [2.75, 3.05) is 6.61 Å². The maximum Gasteiger partial charge on any atom is 0.221 e. The zero-order valence-electron chi connectivity index (χ0n) is 10.2. The minimum atomic E-state index is 0.228. The Balaban J connectivity index is 2.33. The van der Waals surface area contributed by atoms with Gasteiger partial charge in [-0.05, 0) is 43.3 Å². The molecule has 0 atom stereocenters. The fraction of sp³-hybridized carbons (Fsp3) is 0.133. The van der Waals surface area contributed by atoms with Gasteiger partial charge in [0.2, 0.25) is 5.90 Å². The van der Waals surface area contributed by atoms with E-state index in [2.05, 4.69) is 4.99 Å². The van der Waals surface area contributed by atoms with E-state index in [-0.39, 0.29) is 5.75 Å². The van der Waals surface area contributed by atoms with Gasteiger partial charge in [-0.2, -0.15) is 0 Å². The predicted molar refractivity (Wildman–Crippen MR) is 72.4 cm³/mol. The van der Waals surface area contributed by atoms with Crippen molar-refractivity contribution in [2.45, 2.75) is 6.92 Å². The highest BCUT2D eigenvalue weighted by molar-refractivity contribution is 5.95. The number of phenolic OH excluding ortho intramolecular Hbond substituents is 1. The Morgan fingerprint density at radius 2 is 1.72 bits per heavy atom. The second-order valence-electron chi connectivity index (χ2n) is 3.73. The Morgan fingerprint density at radius 3 is 2.33 bits per heavy atom. The first-order chi connectivity index (χ1) is 8.79. The number of aromatic hydroxyl groups is 1. The monoisotopic (exact) mass is 241 g/mol. The summed E-state index contributed by atoms with van der Waals surface area (Å²) in [7, 11) is 0. The normalized spacial score (nSPS) is 11.3. The molecule has 0 radical (unpaired) electrons. The maximum atomic E-state index is 9.23. The van der Waals surface area contributed by atoms with Crippen LogP contribution in [0.3, 0.4) is 0 Å². The van der Waals surface area contributed by atoms with E-state index in [0.29, 0.717) is 12.5 Å². The summed E-state index contributed by atoms with van der Waals surface area (Å²) < 4.78 is 5.55. The summed E-state index contributed by atoms with van der Waals surface area (Å²) in [5.74, 6) is 0.815. The Morgan fingerprint density at radius 1 is 1.06 bits per heavy atom. The Kier molecular flexibility index (Phi) is 3.97. The van der Waals surface area contributed by atoms with Crippen molar-refractivity contribution in [1.82, 2.24) is 0 Å². The smallest absolute Gasteiger partial charge is 0.221 e. The Bertz CT molecular complexity index is 518. The highest BCUT2D eigenvalue weighted by Crippen LogP contribution is 2.18. The van der Waals surface area contributed by atoms with Gasteiger partial charge in [-0.1, -0.05) is 18.2 Å². The summed E-state index contributed by atoms with van der Waals surface area (Å²) in [6, 6.07) is 16.5. The topological polar surface area (TPSA) is 41.8 Å². The van der Waals surface area contributed by atoms with Crippen LogP contribution in [0.4, 0.5) is 5.69 Å². The molecule has 3 nitrogen and oxygen atoms in total. The summed E-state index contributed by atoms with van der Waals surface area (Å²) in [6.45, 7) is 2.49. The molecule has 0 spiro atoms. The fourth-order valence-electron chi connectivity index (χ4n) is 1.54. The molecule has 0 aromatic heterocycles. The molecule has 0 aliphatic carbocycles. The second-order valence-corrected chi connectivity index (χ2v) is 3.73. The van der Waals surface area contributed by atoms with Crippen molar-refractivity contribution < 1.29 is 9.84 Å². The number of hydrogen-bond acceptors (Lipinski definition) is 3. The summed E-state index contributed by atoms with van der Waals surface area (Å²) in [4.78, 5) is 4.44. The molecule has 2 aromatic carbocycles. The summed E-state index contributed by atoms with van der Waals surface area (Å²) >= 11 is 0. The summed E-state index contributed by atoms with van der Waals surface area (Å²) in [5, 5.41) is 9.23. The van der Waals surface area contributed by atoms with Gasteiger partial charge in [-0.25, -0.2) is 4.99 Å². The van der Waals surface area contributed by atoms with Crippen molar-refractivity contribution in [3.8, 4) is 5.75 Å². The van der Waals surface area contributed by atoms with Crippen LogP contribution >= 0.6 is 0 Å². The lowest BCUT2D eigenvalue weighted by Gasteiger charge is -2.07. The average Bonchev–Trinajstić information content (AvgIpc) is 2.42. The maximum absolute atomic E-state index is 9.23. The molecule has 0 heterocycles. The van der Waals surface area contributed by atoms with Gasteiger partial charge in [0, 0.05) is 5.56 Å². The molecule has 0 fully saturated rings. The van der Waals surface area contributed by atoms with Gasteiger partial charge in [0.05, 0.1) is 12.3 Å². The molecule has 0 aliphatic heterocycles. The summed E-state index contributed by atoms with van der Waals surface area (Å²) in [6.07, 6.45) is 0. The average molecular weight is 241 g/mol. The molecule has 3 heteroatoms. The molecule has 0 unspecified atom stereocenters. The molecule has 2 aromatic rings. The molecule has 0 aliphatic rings. The van der Waals surface area contributed by atoms with E-state index in [9.17, 15) is 5.11 Å². The number of rotatable bonds is 3. The standard InChI is InChI=1S/C15H15NO2/c1-2-18-15(12-6-4-3-5-7-12)16-13-8-10-14(17)11-9-13/h3-11,17H,2H2,1H3/b16-15-. The van der Waals surface area contributed by atoms with Gasteiger partial charge in [0.25, 0.3) is 0 Å². The lowest BCUT2D eigenvalue weighted by atomic mass is 10.2. The van der Waals surface area contributed by atoms with Crippen molar-refractivity contribution in [3.05, 3.63) is 60.2 Å². The lowest BCUT2D eigenvalue weighted by molar-refractivity contribution is 0.329. The predicted octanol–water partition coefficient (Wildman–Crippen LogP) is 3.51. The van der Waals surface area contributed by atoms with E-state index in [1.807, 2.05) is 37.3 Å². The third-order valence-corrected chi connectivity index (χ3v) is 2.38. The van der Waals surface area contributed by atoms with Crippen LogP contribution in [0.5, 0.6) is 5.75 Å². The molecule has 0 amide bonds. The van der Waals surface area contributed by atoms with Crippen molar-refractivity contribution >= 4 is 11.6 Å². The third-order valence-electron chi connectivity index (χ3n) is 2.38. The van der Waals surface area contributed by atoms with E-state index in [0.717, 1.165) is 11.3 Å². The molecular formula is C15H15NO2. The zero-order valence-corrected chi connectivity index (χ0v) is 10.2. The van der Waals surface area contributed by atoms with Crippen LogP contribution in [0.1, 0.15) is 12.5 Å². The molecule has 18 heavy (non-hydrogen) atoms. The SMILES string of the molecule is CCO/C(=N\c1ccc(O)cc1)c1ccccc1. The summed E-state index contributed by atoms with van der Waals surface area (Å²) in [5.41, 5.74) is 1.69. The molecular weight excluding hydrogens is 226 g/mol. The highest BCUT2D eigenvalue weighted by atomic mass is 16.5. The van der Waals surface area contributed by atoms with Crippen molar-refractivity contribution in [3.63, 3.8) is 0 Å². The highest BCUT2D eigenvalue weighted by Gasteiger charge is 2.03. The molecule has 2 rings (SSSR count). The molecule has 0 bridgehead atoms. The van der Waals surface area contributed by atoms with Crippen LogP contribution in [0, 0.1) is 0 Å². The van der Waals surface area contributed by atoms with Gasteiger partial charge in [0.15, 0.2) is 0 Å². The first-order valence-corrected chi connectivity index (χ1v) is 5.85. The van der Waals surface area contributed by atoms with Gasteiger partial charge in [0.1, 0.15) is 5.75 Å². The zero-order chi connectivity index (χ0) is 12.8. The molecule has 0 saturated carbocycles. The van der Waals surface area contributed by atoms with Gasteiger partial charge in [-0.3, -0.25) is 0 Å². The minimum absolute atomic E-state index is 0.228. The van der Waals surface area contributed by atoms with Crippen LogP contribution in [-0.2, 0) is 4.74 Å². The minimum Gasteiger partial charge on any atom is -0.508 e. The lowest BCUT2D eigenvalue weighted by Crippen LogP contribution is -2.05. The molecule has 92 valence electrons. The van der Waals surface area contributed by atoms with Crippen molar-refractivity contribution in [1.29, 1.82) is 0 Å². The molecule has 1 N–H and O–H groups in total. The number of phenols is 1. The van der Waals surface area contributed by atoms with Gasteiger partial charge in [-0.15, -0.1) is 0 Å². The van der Waals surface area contributed by atoms with Crippen LogP contribution in [-0.4, -0.2) is 17.6 Å². The van der Waals surface area contributed by atoms with E-state index >= 15 is 0 Å². The largest absolute Gasteiger partial charge is 0.508 e. The number of ether oxygens (including phenoxy) is 1. The third kappa shape index (κ3) is 3.10. The van der Waals surface area contributed by atoms with Crippen LogP contribution in [0.25, 0.3) is 0 Å². The Hall–Kier alpha value is -2.29. The fourth-order valence-corrected chi connectivity index (χ4v) is 1.54. The van der Waals surface area contributed by atoms with Crippen LogP contribution < -0.4 is 0 Å². The quantitative estimate of drug-likeness (QED) is 0.660. The number of nitrogens with zero attached hydrogens (tertiary/aromatic N) is 1. The number of hydrogen-bond donors (Lipinski definition) is 1. The van der Waals surface area contributed by atoms with Gasteiger partial charge < -0.3 is 9.84 Å². The first kappa shape index (κ1) is 12.2. The van der Waals surface area contributed by atoms with Crippen molar-refractivity contribution in [2.24, 2.45) is 4.99 Å². The number of aliphatic imine (C=N–C) groups is 1. The Labute approximate surface area is 106 Å². The number of benzene rings is 2.